The standard InChI is InChI=1S/C37H42O16/c1-7-18-44-36-32(52-35(43)26-16-12-9-13-17-26)30(51-34(42)25-14-10-8-11-15-25)28(20(2)46-36)53-37-33(49-24(6)41)31(48-23(5)40)29(47-22(4)39)27(50-37)19-45-21(3)38/h7-17,20,27-33,36-37H,1,18-19H2,2-6H3/t20-,27+,28+,29-,30+,31-,32-,33+,36+,37-/m0/s1. The van der Waals surface area contributed by atoms with Gasteiger partial charge in [0.1, 0.15) is 18.8 Å². The Balaban J connectivity index is 1.81. The van der Waals surface area contributed by atoms with Crippen molar-refractivity contribution < 1.29 is 76.1 Å². The zero-order valence-corrected chi connectivity index (χ0v) is 29.8. The van der Waals surface area contributed by atoms with E-state index in [4.69, 9.17) is 47.4 Å². The van der Waals surface area contributed by atoms with Crippen molar-refractivity contribution in [2.45, 2.75) is 96.0 Å². The minimum absolute atomic E-state index is 0.0542. The fraction of sp³-hybridized carbons (Fsp3) is 0.459. The summed E-state index contributed by atoms with van der Waals surface area (Å²) in [5.74, 6) is -4.89. The first-order chi connectivity index (χ1) is 25.3. The van der Waals surface area contributed by atoms with Crippen LogP contribution in [0, 0.1) is 0 Å². The number of esters is 6. The molecule has 0 bridgehead atoms. The van der Waals surface area contributed by atoms with Gasteiger partial charge in [-0.3, -0.25) is 19.2 Å². The molecule has 16 nitrogen and oxygen atoms in total. The van der Waals surface area contributed by atoms with E-state index in [-0.39, 0.29) is 17.7 Å². The third kappa shape index (κ3) is 11.2. The minimum Gasteiger partial charge on any atom is -0.463 e. The highest BCUT2D eigenvalue weighted by Crippen LogP contribution is 2.35. The molecule has 0 saturated carbocycles. The quantitative estimate of drug-likeness (QED) is 0.156. The summed E-state index contributed by atoms with van der Waals surface area (Å²) in [4.78, 5) is 76.0. The van der Waals surface area contributed by atoms with Crippen LogP contribution >= 0.6 is 0 Å². The van der Waals surface area contributed by atoms with Gasteiger partial charge in [0.15, 0.2) is 43.1 Å². The van der Waals surface area contributed by atoms with Gasteiger partial charge in [0.2, 0.25) is 0 Å². The minimum atomic E-state index is -1.69. The third-order valence-electron chi connectivity index (χ3n) is 7.85. The molecule has 0 spiro atoms. The Morgan fingerprint density at radius 2 is 1.08 bits per heavy atom. The van der Waals surface area contributed by atoms with E-state index < -0.39 is 104 Å². The van der Waals surface area contributed by atoms with Crippen LogP contribution in [-0.4, -0.2) is 110 Å². The molecule has 10 atom stereocenters. The molecule has 286 valence electrons. The van der Waals surface area contributed by atoms with Crippen LogP contribution in [0.2, 0.25) is 0 Å². The Kier molecular flexibility index (Phi) is 14.6. The van der Waals surface area contributed by atoms with Gasteiger partial charge in [-0.25, -0.2) is 9.59 Å². The number of ether oxygens (including phenoxy) is 10. The van der Waals surface area contributed by atoms with Crippen LogP contribution in [0.4, 0.5) is 0 Å². The van der Waals surface area contributed by atoms with Gasteiger partial charge in [-0.2, -0.15) is 0 Å². The average molecular weight is 743 g/mol. The second-order valence-corrected chi connectivity index (χ2v) is 12.0. The van der Waals surface area contributed by atoms with Gasteiger partial charge in [-0.1, -0.05) is 42.5 Å². The maximum absolute atomic E-state index is 13.6. The van der Waals surface area contributed by atoms with E-state index in [1.54, 1.807) is 43.3 Å². The van der Waals surface area contributed by atoms with Gasteiger partial charge in [0.05, 0.1) is 23.8 Å². The van der Waals surface area contributed by atoms with Crippen LogP contribution in [0.25, 0.3) is 0 Å². The first-order valence-corrected chi connectivity index (χ1v) is 16.6. The molecule has 2 aromatic rings. The zero-order chi connectivity index (χ0) is 38.7. The Morgan fingerprint density at radius 3 is 1.58 bits per heavy atom. The summed E-state index contributed by atoms with van der Waals surface area (Å²) in [6.07, 6.45) is -12.9. The highest BCUT2D eigenvalue weighted by atomic mass is 16.8. The predicted octanol–water partition coefficient (Wildman–Crippen LogP) is 2.85. The van der Waals surface area contributed by atoms with E-state index in [0.29, 0.717) is 0 Å². The number of hydrogen-bond donors (Lipinski definition) is 0. The number of benzene rings is 2. The Labute approximate surface area is 305 Å². The van der Waals surface area contributed by atoms with Crippen molar-refractivity contribution in [2.24, 2.45) is 0 Å². The van der Waals surface area contributed by atoms with Gasteiger partial charge in [0, 0.05) is 27.7 Å². The van der Waals surface area contributed by atoms with E-state index in [2.05, 4.69) is 6.58 Å². The number of hydrogen-bond acceptors (Lipinski definition) is 16. The van der Waals surface area contributed by atoms with Crippen LogP contribution in [-0.2, 0) is 66.5 Å². The van der Waals surface area contributed by atoms with Gasteiger partial charge in [0.25, 0.3) is 0 Å². The molecule has 0 unspecified atom stereocenters. The summed E-state index contributed by atoms with van der Waals surface area (Å²) in [5, 5.41) is 0. The van der Waals surface area contributed by atoms with Gasteiger partial charge in [-0.15, -0.1) is 6.58 Å². The summed E-state index contributed by atoms with van der Waals surface area (Å²) >= 11 is 0. The van der Waals surface area contributed by atoms with Crippen LogP contribution in [0.1, 0.15) is 55.3 Å². The molecular formula is C37H42O16. The third-order valence-corrected chi connectivity index (χ3v) is 7.85. The topological polar surface area (TPSA) is 195 Å². The first-order valence-electron chi connectivity index (χ1n) is 16.6. The van der Waals surface area contributed by atoms with Gasteiger partial charge >= 0.3 is 35.8 Å². The molecule has 0 amide bonds. The number of carbonyl (C=O) groups excluding carboxylic acids is 6. The van der Waals surface area contributed by atoms with Crippen LogP contribution in [0.5, 0.6) is 0 Å². The van der Waals surface area contributed by atoms with E-state index in [9.17, 15) is 28.8 Å². The maximum Gasteiger partial charge on any atom is 0.338 e. The van der Waals surface area contributed by atoms with E-state index in [1.165, 1.54) is 30.3 Å². The van der Waals surface area contributed by atoms with Gasteiger partial charge < -0.3 is 47.4 Å². The summed E-state index contributed by atoms with van der Waals surface area (Å²) in [6.45, 7) is 9.02. The molecule has 2 aliphatic heterocycles. The Morgan fingerprint density at radius 1 is 0.604 bits per heavy atom. The van der Waals surface area contributed by atoms with Gasteiger partial charge in [-0.05, 0) is 31.2 Å². The highest BCUT2D eigenvalue weighted by molar-refractivity contribution is 5.90. The van der Waals surface area contributed by atoms with E-state index in [1.807, 2.05) is 0 Å². The predicted molar refractivity (Wildman–Crippen MR) is 179 cm³/mol. The molecule has 2 aliphatic rings. The van der Waals surface area contributed by atoms with Crippen molar-refractivity contribution in [2.75, 3.05) is 13.2 Å². The summed E-state index contributed by atoms with van der Waals surface area (Å²) < 4.78 is 58.2. The molecule has 53 heavy (non-hydrogen) atoms. The molecule has 4 rings (SSSR count). The number of rotatable bonds is 14. The molecule has 0 aromatic heterocycles. The van der Waals surface area contributed by atoms with E-state index >= 15 is 0 Å². The fourth-order valence-corrected chi connectivity index (χ4v) is 5.70. The molecular weight excluding hydrogens is 700 g/mol. The maximum atomic E-state index is 13.6. The molecule has 0 N–H and O–H groups in total. The summed E-state index contributed by atoms with van der Waals surface area (Å²) in [6, 6.07) is 16.0. The SMILES string of the molecule is C=CCO[C@@H]1O[C@@H](C)[C@@H](O[C@@H]2O[C@H](COC(C)=O)[C@H](OC(C)=O)[C@H](OC(C)=O)[C@H]2OC(C)=O)[C@@H](OC(=O)c2ccccc2)[C@@H]1OC(=O)c1ccccc1. The molecule has 0 aliphatic carbocycles. The molecule has 2 saturated heterocycles. The van der Waals surface area contributed by atoms with Crippen LogP contribution < -0.4 is 0 Å². The largest absolute Gasteiger partial charge is 0.463 e. The smallest absolute Gasteiger partial charge is 0.338 e. The monoisotopic (exact) mass is 742 g/mol. The van der Waals surface area contributed by atoms with Crippen molar-refractivity contribution >= 4 is 35.8 Å². The Bertz CT molecular complexity index is 1600. The average Bonchev–Trinajstić information content (AvgIpc) is 3.11. The summed E-state index contributed by atoms with van der Waals surface area (Å²) in [5.41, 5.74) is 0.313. The van der Waals surface area contributed by atoms with Crippen molar-refractivity contribution in [3.63, 3.8) is 0 Å². The Hall–Kier alpha value is -5.16. The molecule has 2 heterocycles. The second-order valence-electron chi connectivity index (χ2n) is 12.0. The molecule has 16 heteroatoms. The van der Waals surface area contributed by atoms with Crippen molar-refractivity contribution in [1.29, 1.82) is 0 Å². The lowest BCUT2D eigenvalue weighted by molar-refractivity contribution is -0.354. The van der Waals surface area contributed by atoms with Crippen LogP contribution in [0.3, 0.4) is 0 Å². The molecule has 0 radical (unpaired) electrons. The lowest BCUT2D eigenvalue weighted by Crippen LogP contribution is -2.66. The normalized spacial score (nSPS) is 28.0. The zero-order valence-electron chi connectivity index (χ0n) is 29.8. The second kappa shape index (κ2) is 19.1. The summed E-state index contributed by atoms with van der Waals surface area (Å²) in [7, 11) is 0. The lowest BCUT2D eigenvalue weighted by atomic mass is 9.96. The molecule has 2 fully saturated rings. The lowest BCUT2D eigenvalue weighted by Gasteiger charge is -2.48. The highest BCUT2D eigenvalue weighted by Gasteiger charge is 2.57. The number of carbonyl (C=O) groups is 6. The van der Waals surface area contributed by atoms with Crippen molar-refractivity contribution in [1.82, 2.24) is 0 Å². The molecule has 2 aromatic carbocycles. The van der Waals surface area contributed by atoms with Crippen molar-refractivity contribution in [3.8, 4) is 0 Å². The van der Waals surface area contributed by atoms with Crippen molar-refractivity contribution in [3.05, 3.63) is 84.4 Å². The first kappa shape index (κ1) is 40.6. The van der Waals surface area contributed by atoms with E-state index in [0.717, 1.165) is 27.7 Å². The van der Waals surface area contributed by atoms with Crippen LogP contribution in [0.15, 0.2) is 73.3 Å². The fourth-order valence-electron chi connectivity index (χ4n) is 5.70.